The molecule has 144 valence electrons. The number of nitrogen functional groups attached to an aromatic ring is 1. The van der Waals surface area contributed by atoms with Crippen LogP contribution in [0.15, 0.2) is 29.4 Å². The van der Waals surface area contributed by atoms with Crippen molar-refractivity contribution in [3.63, 3.8) is 0 Å². The third kappa shape index (κ3) is 5.27. The van der Waals surface area contributed by atoms with E-state index in [1.807, 2.05) is 0 Å². The van der Waals surface area contributed by atoms with E-state index in [-0.39, 0.29) is 18.5 Å². The summed E-state index contributed by atoms with van der Waals surface area (Å²) in [4.78, 5) is 13.4. The molecular formula is C18H22FN5OS2. The van der Waals surface area contributed by atoms with Crippen molar-refractivity contribution >= 4 is 44.4 Å². The highest BCUT2D eigenvalue weighted by molar-refractivity contribution is 7.98. The third-order valence-corrected chi connectivity index (χ3v) is 5.65. The van der Waals surface area contributed by atoms with E-state index in [0.29, 0.717) is 33.4 Å². The lowest BCUT2D eigenvalue weighted by atomic mass is 10.0. The number of rotatable bonds is 8. The van der Waals surface area contributed by atoms with Gasteiger partial charge in [-0.05, 0) is 30.0 Å². The van der Waals surface area contributed by atoms with Crippen LogP contribution in [0.3, 0.4) is 0 Å². The van der Waals surface area contributed by atoms with Gasteiger partial charge in [0.25, 0.3) is 0 Å². The van der Waals surface area contributed by atoms with E-state index in [1.54, 1.807) is 12.1 Å². The minimum absolute atomic E-state index is 0.00994. The van der Waals surface area contributed by atoms with Crippen LogP contribution in [-0.4, -0.2) is 32.7 Å². The van der Waals surface area contributed by atoms with Crippen molar-refractivity contribution in [2.24, 2.45) is 5.92 Å². The number of nitrogens with zero attached hydrogens (tertiary/aromatic N) is 3. The summed E-state index contributed by atoms with van der Waals surface area (Å²) in [5.41, 5.74) is 7.37. The molecule has 0 aliphatic heterocycles. The van der Waals surface area contributed by atoms with Crippen LogP contribution < -0.4 is 11.1 Å². The zero-order chi connectivity index (χ0) is 19.4. The Morgan fingerprint density at radius 2 is 1.96 bits per heavy atom. The summed E-state index contributed by atoms with van der Waals surface area (Å²) in [5.74, 6) is 1.42. The van der Waals surface area contributed by atoms with Crippen molar-refractivity contribution in [1.82, 2.24) is 15.0 Å². The number of anilines is 2. The minimum atomic E-state index is -0.258. The van der Waals surface area contributed by atoms with Crippen molar-refractivity contribution in [2.45, 2.75) is 37.2 Å². The van der Waals surface area contributed by atoms with Crippen LogP contribution in [0, 0.1) is 11.7 Å². The average molecular weight is 408 g/mol. The maximum absolute atomic E-state index is 13.0. The second-order valence-corrected chi connectivity index (χ2v) is 8.60. The van der Waals surface area contributed by atoms with Crippen LogP contribution in [0.25, 0.3) is 10.3 Å². The molecule has 27 heavy (non-hydrogen) atoms. The Labute approximate surface area is 165 Å². The predicted octanol–water partition coefficient (Wildman–Crippen LogP) is 3.92. The van der Waals surface area contributed by atoms with Gasteiger partial charge in [0.15, 0.2) is 21.8 Å². The number of thiazole rings is 1. The van der Waals surface area contributed by atoms with Crippen LogP contribution in [0.4, 0.5) is 15.3 Å². The van der Waals surface area contributed by atoms with Gasteiger partial charge in [0, 0.05) is 5.75 Å². The molecule has 1 atom stereocenters. The first-order valence-electron chi connectivity index (χ1n) is 8.63. The molecule has 3 rings (SSSR count). The van der Waals surface area contributed by atoms with Gasteiger partial charge in [-0.1, -0.05) is 49.1 Å². The van der Waals surface area contributed by atoms with Crippen LogP contribution in [0.2, 0.25) is 0 Å². The number of aliphatic hydroxyl groups excluding tert-OH is 1. The molecule has 1 aromatic carbocycles. The number of nitrogens with two attached hydrogens (primary N) is 1. The molecule has 4 N–H and O–H groups in total. The second kappa shape index (κ2) is 8.81. The molecule has 9 heteroatoms. The Bertz CT molecular complexity index is 901. The standard InChI is InChI=1S/C18H22FN5OS2/c1-10(2)7-13(8-25)21-15-14-16(22-17(20)27-14)24-18(23-15)26-9-11-3-5-12(19)6-4-11/h3-6,10,13,25H,7-9H2,1-2H3,(H3,20,21,22,23,24)/t13-/m1/s1. The molecule has 0 aliphatic rings. The van der Waals surface area contributed by atoms with Gasteiger partial charge in [0.1, 0.15) is 10.5 Å². The predicted molar refractivity (Wildman–Crippen MR) is 110 cm³/mol. The number of halogens is 1. The maximum Gasteiger partial charge on any atom is 0.191 e. The fourth-order valence-electron chi connectivity index (χ4n) is 2.65. The molecular weight excluding hydrogens is 385 g/mol. The molecule has 0 amide bonds. The lowest BCUT2D eigenvalue weighted by Crippen LogP contribution is -2.26. The van der Waals surface area contributed by atoms with Crippen LogP contribution in [-0.2, 0) is 5.75 Å². The average Bonchev–Trinajstić information content (AvgIpc) is 3.00. The summed E-state index contributed by atoms with van der Waals surface area (Å²) in [6.07, 6.45) is 0.814. The number of fused-ring (bicyclic) bond motifs is 1. The van der Waals surface area contributed by atoms with Gasteiger partial charge in [0.05, 0.1) is 12.6 Å². The largest absolute Gasteiger partial charge is 0.394 e. The monoisotopic (exact) mass is 407 g/mol. The van der Waals surface area contributed by atoms with E-state index in [4.69, 9.17) is 5.73 Å². The Morgan fingerprint density at radius 3 is 2.63 bits per heavy atom. The van der Waals surface area contributed by atoms with Crippen molar-refractivity contribution in [3.8, 4) is 0 Å². The highest BCUT2D eigenvalue weighted by Gasteiger charge is 2.17. The van der Waals surface area contributed by atoms with Gasteiger partial charge in [-0.15, -0.1) is 0 Å². The normalized spacial score (nSPS) is 12.6. The summed E-state index contributed by atoms with van der Waals surface area (Å²) in [6.45, 7) is 4.22. The van der Waals surface area contributed by atoms with E-state index in [0.717, 1.165) is 16.7 Å². The molecule has 0 radical (unpaired) electrons. The van der Waals surface area contributed by atoms with E-state index in [1.165, 1.54) is 35.2 Å². The molecule has 0 spiro atoms. The number of aliphatic hydroxyl groups is 1. The van der Waals surface area contributed by atoms with Gasteiger partial charge in [-0.3, -0.25) is 0 Å². The number of benzene rings is 1. The molecule has 0 saturated carbocycles. The number of nitrogens with one attached hydrogen (secondary N) is 1. The molecule has 0 saturated heterocycles. The van der Waals surface area contributed by atoms with Gasteiger partial charge in [0.2, 0.25) is 0 Å². The first kappa shape index (κ1) is 19.8. The first-order valence-corrected chi connectivity index (χ1v) is 10.4. The van der Waals surface area contributed by atoms with Crippen molar-refractivity contribution in [2.75, 3.05) is 17.7 Å². The minimum Gasteiger partial charge on any atom is -0.394 e. The molecule has 2 aromatic heterocycles. The molecule has 3 aromatic rings. The van der Waals surface area contributed by atoms with E-state index >= 15 is 0 Å². The lowest BCUT2D eigenvalue weighted by Gasteiger charge is -2.19. The zero-order valence-corrected chi connectivity index (χ0v) is 16.8. The fourth-order valence-corrected chi connectivity index (χ4v) is 4.17. The Morgan fingerprint density at radius 1 is 1.22 bits per heavy atom. The Kier molecular flexibility index (Phi) is 6.46. The summed E-state index contributed by atoms with van der Waals surface area (Å²) < 4.78 is 13.8. The number of aromatic nitrogens is 3. The fraction of sp³-hybridized carbons (Fsp3) is 0.389. The van der Waals surface area contributed by atoms with Crippen molar-refractivity contribution in [1.29, 1.82) is 0 Å². The summed E-state index contributed by atoms with van der Waals surface area (Å²) in [7, 11) is 0. The summed E-state index contributed by atoms with van der Waals surface area (Å²) >= 11 is 2.76. The van der Waals surface area contributed by atoms with Crippen molar-refractivity contribution in [3.05, 3.63) is 35.6 Å². The second-order valence-electron chi connectivity index (χ2n) is 6.63. The molecule has 6 nitrogen and oxygen atoms in total. The molecule has 2 heterocycles. The number of hydrogen-bond acceptors (Lipinski definition) is 8. The van der Waals surface area contributed by atoms with Crippen molar-refractivity contribution < 1.29 is 9.50 Å². The Balaban J connectivity index is 1.84. The van der Waals surface area contributed by atoms with E-state index in [9.17, 15) is 9.50 Å². The summed E-state index contributed by atoms with van der Waals surface area (Å²) in [6, 6.07) is 6.25. The number of thioether (sulfide) groups is 1. The summed E-state index contributed by atoms with van der Waals surface area (Å²) in [5, 5.41) is 14.0. The van der Waals surface area contributed by atoms with Crippen LogP contribution in [0.1, 0.15) is 25.8 Å². The molecule has 0 aliphatic carbocycles. The van der Waals surface area contributed by atoms with Gasteiger partial charge >= 0.3 is 0 Å². The third-order valence-electron chi connectivity index (χ3n) is 3.85. The van der Waals surface area contributed by atoms with Crippen LogP contribution >= 0.6 is 23.1 Å². The van der Waals surface area contributed by atoms with E-state index in [2.05, 4.69) is 34.1 Å². The molecule has 0 fully saturated rings. The van der Waals surface area contributed by atoms with Gasteiger partial charge < -0.3 is 16.2 Å². The maximum atomic E-state index is 13.0. The molecule has 0 bridgehead atoms. The van der Waals surface area contributed by atoms with Gasteiger partial charge in [-0.25, -0.2) is 19.3 Å². The highest BCUT2D eigenvalue weighted by atomic mass is 32.2. The van der Waals surface area contributed by atoms with Crippen LogP contribution in [0.5, 0.6) is 0 Å². The Hall–Kier alpha value is -1.97. The quantitative estimate of drug-likeness (QED) is 0.385. The topological polar surface area (TPSA) is 97.0 Å². The SMILES string of the molecule is CC(C)C[C@H](CO)Nc1nc(SCc2ccc(F)cc2)nc2nc(N)sc12. The van der Waals surface area contributed by atoms with Gasteiger partial charge in [-0.2, -0.15) is 0 Å². The molecule has 0 unspecified atom stereocenters. The zero-order valence-electron chi connectivity index (χ0n) is 15.1. The van der Waals surface area contributed by atoms with E-state index < -0.39 is 0 Å². The smallest absolute Gasteiger partial charge is 0.191 e. The lowest BCUT2D eigenvalue weighted by molar-refractivity contribution is 0.259. The first-order chi connectivity index (χ1) is 12.9. The number of hydrogen-bond donors (Lipinski definition) is 3. The highest BCUT2D eigenvalue weighted by Crippen LogP contribution is 2.32.